The smallest absolute Gasteiger partial charge is 0.253 e. The third-order valence-corrected chi connectivity index (χ3v) is 3.76. The summed E-state index contributed by atoms with van der Waals surface area (Å²) in [5.41, 5.74) is 1.83. The molecule has 0 saturated carbocycles. The Hall–Kier alpha value is -2.35. The Kier molecular flexibility index (Phi) is 5.54. The topological polar surface area (TPSA) is 20.3 Å². The van der Waals surface area contributed by atoms with E-state index in [0.29, 0.717) is 11.8 Å². The second-order valence-electron chi connectivity index (χ2n) is 5.77. The molecule has 1 unspecified atom stereocenters. The monoisotopic (exact) mass is 293 g/mol. The molecule has 2 heteroatoms. The molecule has 1 aromatic rings. The maximum atomic E-state index is 11.8. The van der Waals surface area contributed by atoms with Crippen LogP contribution in [0.2, 0.25) is 0 Å². The van der Waals surface area contributed by atoms with Crippen LogP contribution in [0.25, 0.3) is 6.08 Å². The van der Waals surface area contributed by atoms with Gasteiger partial charge in [0.25, 0.3) is 5.91 Å². The fourth-order valence-electron chi connectivity index (χ4n) is 2.31. The summed E-state index contributed by atoms with van der Waals surface area (Å²) < 4.78 is 0. The number of benzene rings is 1. The molecule has 0 bridgehead atoms. The van der Waals surface area contributed by atoms with E-state index < -0.39 is 0 Å². The lowest BCUT2D eigenvalue weighted by Crippen LogP contribution is -2.21. The lowest BCUT2D eigenvalue weighted by Gasteiger charge is -2.13. The largest absolute Gasteiger partial charge is 0.345 e. The summed E-state index contributed by atoms with van der Waals surface area (Å²) in [5, 5.41) is 0. The second-order valence-corrected chi connectivity index (χ2v) is 5.77. The number of amides is 1. The van der Waals surface area contributed by atoms with Crippen molar-refractivity contribution in [3.05, 3.63) is 77.9 Å². The maximum absolute atomic E-state index is 11.8. The lowest BCUT2D eigenvalue weighted by atomic mass is 9.92. The van der Waals surface area contributed by atoms with Crippen molar-refractivity contribution in [2.75, 3.05) is 14.1 Å². The van der Waals surface area contributed by atoms with E-state index in [2.05, 4.69) is 43.4 Å². The van der Waals surface area contributed by atoms with E-state index in [1.807, 2.05) is 36.4 Å². The summed E-state index contributed by atoms with van der Waals surface area (Å²) in [6.45, 7) is 2.21. The van der Waals surface area contributed by atoms with Crippen molar-refractivity contribution in [2.45, 2.75) is 6.92 Å². The molecule has 0 saturated heterocycles. The van der Waals surface area contributed by atoms with Gasteiger partial charge in [-0.15, -0.1) is 0 Å². The van der Waals surface area contributed by atoms with Crippen molar-refractivity contribution in [3.8, 4) is 0 Å². The molecule has 1 aromatic carbocycles. The van der Waals surface area contributed by atoms with Gasteiger partial charge in [0.15, 0.2) is 0 Å². The van der Waals surface area contributed by atoms with Gasteiger partial charge in [-0.25, -0.2) is 0 Å². The maximum Gasteiger partial charge on any atom is 0.253 e. The first-order valence-electron chi connectivity index (χ1n) is 7.59. The number of carbonyl (C=O) groups excluding carboxylic acids is 1. The first-order valence-corrected chi connectivity index (χ1v) is 7.59. The minimum atomic E-state index is 0.0325. The number of carbonyl (C=O) groups is 1. The fourth-order valence-corrected chi connectivity index (χ4v) is 2.31. The first kappa shape index (κ1) is 16.0. The Bertz CT molecular complexity index is 602. The molecule has 0 aromatic heterocycles. The zero-order valence-electron chi connectivity index (χ0n) is 13.4. The van der Waals surface area contributed by atoms with Crippen LogP contribution in [0.1, 0.15) is 22.8 Å². The number of hydrogen-bond acceptors (Lipinski definition) is 1. The van der Waals surface area contributed by atoms with Crippen LogP contribution in [-0.2, 0) is 0 Å². The van der Waals surface area contributed by atoms with E-state index in [9.17, 15) is 4.79 Å². The molecule has 0 radical (unpaired) electrons. The minimum absolute atomic E-state index is 0.0325. The third kappa shape index (κ3) is 4.32. The lowest BCUT2D eigenvalue weighted by molar-refractivity contribution is 0.0827. The molecule has 0 N–H and O–H groups in total. The molecule has 0 heterocycles. The number of rotatable bonds is 4. The molecule has 0 aliphatic heterocycles. The molecule has 114 valence electrons. The van der Waals surface area contributed by atoms with E-state index in [0.717, 1.165) is 11.1 Å². The molecular formula is C20H23NO. The summed E-state index contributed by atoms with van der Waals surface area (Å²) in [4.78, 5) is 13.4. The summed E-state index contributed by atoms with van der Waals surface area (Å²) in [6.07, 6.45) is 17.1. The number of allylic oxidation sites excluding steroid dienone is 7. The number of nitrogens with zero attached hydrogens (tertiary/aromatic N) is 1. The highest BCUT2D eigenvalue weighted by molar-refractivity contribution is 5.94. The Morgan fingerprint density at radius 1 is 1.05 bits per heavy atom. The first-order chi connectivity index (χ1) is 10.6. The summed E-state index contributed by atoms with van der Waals surface area (Å²) >= 11 is 0. The molecule has 1 amide bonds. The van der Waals surface area contributed by atoms with Crippen LogP contribution in [0.15, 0.2) is 66.8 Å². The van der Waals surface area contributed by atoms with Gasteiger partial charge in [0, 0.05) is 25.6 Å². The molecule has 1 aliphatic carbocycles. The number of hydrogen-bond donors (Lipinski definition) is 0. The molecule has 22 heavy (non-hydrogen) atoms. The van der Waals surface area contributed by atoms with Crippen molar-refractivity contribution in [1.82, 2.24) is 4.90 Å². The van der Waals surface area contributed by atoms with Crippen molar-refractivity contribution in [2.24, 2.45) is 11.8 Å². The SMILES string of the molecule is CC(C=Cc1ccc(C(=O)N(C)C)cc1)C1C=CC=CC=C1. The zero-order chi connectivity index (χ0) is 15.9. The van der Waals surface area contributed by atoms with Crippen molar-refractivity contribution < 1.29 is 4.79 Å². The van der Waals surface area contributed by atoms with E-state index in [-0.39, 0.29) is 5.91 Å². The highest BCUT2D eigenvalue weighted by Crippen LogP contribution is 2.19. The minimum Gasteiger partial charge on any atom is -0.345 e. The van der Waals surface area contributed by atoms with Crippen molar-refractivity contribution in [1.29, 1.82) is 0 Å². The van der Waals surface area contributed by atoms with E-state index in [1.54, 1.807) is 19.0 Å². The Labute approximate surface area is 133 Å². The molecule has 2 rings (SSSR count). The van der Waals surface area contributed by atoms with Crippen LogP contribution in [-0.4, -0.2) is 24.9 Å². The molecule has 0 spiro atoms. The van der Waals surface area contributed by atoms with Gasteiger partial charge < -0.3 is 4.90 Å². The van der Waals surface area contributed by atoms with Crippen LogP contribution in [0.4, 0.5) is 0 Å². The summed E-state index contributed by atoms with van der Waals surface area (Å²) in [7, 11) is 3.53. The van der Waals surface area contributed by atoms with Gasteiger partial charge in [0.05, 0.1) is 0 Å². The Morgan fingerprint density at radius 2 is 1.64 bits per heavy atom. The third-order valence-electron chi connectivity index (χ3n) is 3.76. The second kappa shape index (κ2) is 7.60. The Morgan fingerprint density at radius 3 is 2.18 bits per heavy atom. The average Bonchev–Trinajstić information content (AvgIpc) is 2.81. The van der Waals surface area contributed by atoms with Crippen LogP contribution >= 0.6 is 0 Å². The van der Waals surface area contributed by atoms with Gasteiger partial charge in [-0.2, -0.15) is 0 Å². The standard InChI is InChI=1S/C20H23NO/c1-16(18-8-6-4-5-7-9-18)10-11-17-12-14-19(15-13-17)20(22)21(2)3/h4-16,18H,1-3H3. The van der Waals surface area contributed by atoms with Crippen molar-refractivity contribution >= 4 is 12.0 Å². The van der Waals surface area contributed by atoms with E-state index >= 15 is 0 Å². The summed E-state index contributed by atoms with van der Waals surface area (Å²) in [5.74, 6) is 0.876. The molecular weight excluding hydrogens is 270 g/mol. The molecule has 2 nitrogen and oxygen atoms in total. The molecule has 0 fully saturated rings. The fraction of sp³-hybridized carbons (Fsp3) is 0.250. The van der Waals surface area contributed by atoms with Gasteiger partial charge in [0.1, 0.15) is 0 Å². The van der Waals surface area contributed by atoms with Gasteiger partial charge >= 0.3 is 0 Å². The highest BCUT2D eigenvalue weighted by atomic mass is 16.2. The van der Waals surface area contributed by atoms with E-state index in [1.165, 1.54) is 0 Å². The predicted molar refractivity (Wildman–Crippen MR) is 93.6 cm³/mol. The van der Waals surface area contributed by atoms with Gasteiger partial charge in [-0.1, -0.05) is 67.7 Å². The zero-order valence-corrected chi connectivity index (χ0v) is 13.4. The normalized spacial score (nSPS) is 16.0. The van der Waals surface area contributed by atoms with Crippen LogP contribution in [0, 0.1) is 11.8 Å². The predicted octanol–water partition coefficient (Wildman–Crippen LogP) is 4.34. The molecule has 1 atom stereocenters. The van der Waals surface area contributed by atoms with Crippen LogP contribution < -0.4 is 0 Å². The average molecular weight is 293 g/mol. The van der Waals surface area contributed by atoms with Crippen LogP contribution in [0.3, 0.4) is 0 Å². The summed E-state index contributed by atoms with van der Waals surface area (Å²) in [6, 6.07) is 7.73. The van der Waals surface area contributed by atoms with Crippen molar-refractivity contribution in [3.63, 3.8) is 0 Å². The van der Waals surface area contributed by atoms with E-state index in [4.69, 9.17) is 0 Å². The molecule has 1 aliphatic rings. The van der Waals surface area contributed by atoms with Crippen LogP contribution in [0.5, 0.6) is 0 Å². The highest BCUT2D eigenvalue weighted by Gasteiger charge is 2.09. The van der Waals surface area contributed by atoms with Gasteiger partial charge in [-0.05, 0) is 23.6 Å². The van der Waals surface area contributed by atoms with Gasteiger partial charge in [-0.3, -0.25) is 4.79 Å². The quantitative estimate of drug-likeness (QED) is 0.809. The van der Waals surface area contributed by atoms with Gasteiger partial charge in [0.2, 0.25) is 0 Å². The Balaban J connectivity index is 2.02.